The van der Waals surface area contributed by atoms with Crippen molar-refractivity contribution in [3.63, 3.8) is 0 Å². The van der Waals surface area contributed by atoms with Crippen LogP contribution in [0, 0.1) is 5.92 Å². The lowest BCUT2D eigenvalue weighted by molar-refractivity contribution is -0.0142. The molecule has 76 valence electrons. The monoisotopic (exact) mass is 187 g/mol. The maximum Gasteiger partial charge on any atom is 0.508 e. The van der Waals surface area contributed by atoms with E-state index in [0.717, 1.165) is 12.8 Å². The molecule has 0 aliphatic heterocycles. The van der Waals surface area contributed by atoms with Gasteiger partial charge in [0, 0.05) is 6.04 Å². The predicted octanol–water partition coefficient (Wildman–Crippen LogP) is 1.29. The van der Waals surface area contributed by atoms with Crippen molar-refractivity contribution in [1.82, 2.24) is 0 Å². The van der Waals surface area contributed by atoms with E-state index in [0.29, 0.717) is 12.5 Å². The lowest BCUT2D eigenvalue weighted by Crippen LogP contribution is -2.42. The van der Waals surface area contributed by atoms with Crippen LogP contribution in [0.3, 0.4) is 0 Å². The summed E-state index contributed by atoms with van der Waals surface area (Å²) in [5, 5.41) is 0. The Kier molecular flexibility index (Phi) is 3.54. The van der Waals surface area contributed by atoms with Crippen LogP contribution in [-0.2, 0) is 9.47 Å². The summed E-state index contributed by atoms with van der Waals surface area (Å²) in [6, 6.07) is 0.197. The molecule has 0 unspecified atom stereocenters. The average Bonchev–Trinajstić information content (AvgIpc) is 1.98. The van der Waals surface area contributed by atoms with Crippen molar-refractivity contribution in [3.05, 3.63) is 0 Å². The van der Waals surface area contributed by atoms with Crippen LogP contribution in [0.25, 0.3) is 0 Å². The third-order valence-electron chi connectivity index (χ3n) is 1.93. The Labute approximate surface area is 78.4 Å². The molecule has 13 heavy (non-hydrogen) atoms. The molecule has 0 spiro atoms. The Morgan fingerprint density at radius 2 is 2.15 bits per heavy atom. The van der Waals surface area contributed by atoms with Crippen molar-refractivity contribution in [2.24, 2.45) is 11.7 Å². The van der Waals surface area contributed by atoms with Crippen LogP contribution < -0.4 is 5.73 Å². The fourth-order valence-corrected chi connectivity index (χ4v) is 1.11. The van der Waals surface area contributed by atoms with Crippen molar-refractivity contribution in [2.45, 2.75) is 38.8 Å². The van der Waals surface area contributed by atoms with Gasteiger partial charge in [-0.15, -0.1) is 0 Å². The second-order valence-corrected chi connectivity index (χ2v) is 3.93. The molecule has 1 fully saturated rings. The van der Waals surface area contributed by atoms with Crippen molar-refractivity contribution in [3.8, 4) is 0 Å². The first-order valence-corrected chi connectivity index (χ1v) is 4.67. The standard InChI is InChI=1S/C9H17NO3/c1-6(2)5-12-9(11)13-8-3-7(10)4-8/h6-8H,3-5,10H2,1-2H3. The van der Waals surface area contributed by atoms with Gasteiger partial charge >= 0.3 is 6.16 Å². The Morgan fingerprint density at radius 1 is 1.54 bits per heavy atom. The molecule has 0 radical (unpaired) electrons. The molecule has 0 amide bonds. The molecular weight excluding hydrogens is 170 g/mol. The Bertz CT molecular complexity index is 176. The van der Waals surface area contributed by atoms with Crippen molar-refractivity contribution < 1.29 is 14.3 Å². The zero-order chi connectivity index (χ0) is 9.84. The van der Waals surface area contributed by atoms with E-state index >= 15 is 0 Å². The maximum absolute atomic E-state index is 11.0. The number of hydrogen-bond donors (Lipinski definition) is 1. The van der Waals surface area contributed by atoms with Gasteiger partial charge in [-0.1, -0.05) is 13.8 Å². The third-order valence-corrected chi connectivity index (χ3v) is 1.93. The van der Waals surface area contributed by atoms with Crippen LogP contribution in [-0.4, -0.2) is 24.9 Å². The predicted molar refractivity (Wildman–Crippen MR) is 48.3 cm³/mol. The van der Waals surface area contributed by atoms with E-state index in [9.17, 15) is 4.79 Å². The highest BCUT2D eigenvalue weighted by molar-refractivity contribution is 5.60. The van der Waals surface area contributed by atoms with Crippen molar-refractivity contribution in [1.29, 1.82) is 0 Å². The minimum Gasteiger partial charge on any atom is -0.434 e. The Morgan fingerprint density at radius 3 is 2.62 bits per heavy atom. The molecule has 1 aliphatic rings. The van der Waals surface area contributed by atoms with Crippen LogP contribution in [0.4, 0.5) is 4.79 Å². The zero-order valence-corrected chi connectivity index (χ0v) is 8.16. The smallest absolute Gasteiger partial charge is 0.434 e. The first kappa shape index (κ1) is 10.3. The highest BCUT2D eigenvalue weighted by Crippen LogP contribution is 2.21. The number of ether oxygens (including phenoxy) is 2. The summed E-state index contributed by atoms with van der Waals surface area (Å²) in [6.45, 7) is 4.37. The van der Waals surface area contributed by atoms with E-state index in [-0.39, 0.29) is 12.1 Å². The van der Waals surface area contributed by atoms with Crippen molar-refractivity contribution in [2.75, 3.05) is 6.61 Å². The summed E-state index contributed by atoms with van der Waals surface area (Å²) < 4.78 is 9.81. The van der Waals surface area contributed by atoms with Gasteiger partial charge in [0.25, 0.3) is 0 Å². The second kappa shape index (κ2) is 4.46. The number of nitrogens with two attached hydrogens (primary N) is 1. The van der Waals surface area contributed by atoms with Gasteiger partial charge in [0.2, 0.25) is 0 Å². The minimum absolute atomic E-state index is 0.0188. The van der Waals surface area contributed by atoms with E-state index in [1.54, 1.807) is 0 Å². The summed E-state index contributed by atoms with van der Waals surface area (Å²) in [6.07, 6.45) is 0.938. The van der Waals surface area contributed by atoms with Gasteiger partial charge < -0.3 is 15.2 Å². The molecule has 0 aromatic heterocycles. The summed E-state index contributed by atoms with van der Waals surface area (Å²) in [7, 11) is 0. The van der Waals surface area contributed by atoms with Gasteiger partial charge in [0.1, 0.15) is 6.10 Å². The van der Waals surface area contributed by atoms with E-state index < -0.39 is 6.16 Å². The molecule has 1 rings (SSSR count). The van der Waals surface area contributed by atoms with Crippen LogP contribution >= 0.6 is 0 Å². The van der Waals surface area contributed by atoms with Gasteiger partial charge in [-0.2, -0.15) is 0 Å². The molecule has 4 heteroatoms. The van der Waals surface area contributed by atoms with Crippen LogP contribution in [0.1, 0.15) is 26.7 Å². The average molecular weight is 187 g/mol. The van der Waals surface area contributed by atoms with Crippen LogP contribution in [0.5, 0.6) is 0 Å². The highest BCUT2D eigenvalue weighted by atomic mass is 16.7. The molecule has 0 atom stereocenters. The van der Waals surface area contributed by atoms with Gasteiger partial charge in [0.15, 0.2) is 0 Å². The molecule has 0 heterocycles. The summed E-state index contributed by atoms with van der Waals surface area (Å²) in [5.74, 6) is 0.344. The Balaban J connectivity index is 2.05. The van der Waals surface area contributed by atoms with E-state index in [2.05, 4.69) is 0 Å². The molecule has 4 nitrogen and oxygen atoms in total. The van der Waals surface area contributed by atoms with Crippen LogP contribution in [0.2, 0.25) is 0 Å². The zero-order valence-electron chi connectivity index (χ0n) is 8.16. The summed E-state index contributed by atoms with van der Waals surface area (Å²) >= 11 is 0. The minimum atomic E-state index is -0.564. The normalized spacial score (nSPS) is 26.8. The molecule has 0 bridgehead atoms. The fraction of sp³-hybridized carbons (Fsp3) is 0.889. The topological polar surface area (TPSA) is 61.5 Å². The van der Waals surface area contributed by atoms with Gasteiger partial charge in [-0.25, -0.2) is 4.79 Å². The second-order valence-electron chi connectivity index (χ2n) is 3.93. The van der Waals surface area contributed by atoms with Crippen LogP contribution in [0.15, 0.2) is 0 Å². The molecule has 0 aromatic rings. The first-order valence-electron chi connectivity index (χ1n) is 4.67. The highest BCUT2D eigenvalue weighted by Gasteiger charge is 2.29. The summed E-state index contributed by atoms with van der Waals surface area (Å²) in [5.41, 5.74) is 5.53. The summed E-state index contributed by atoms with van der Waals surface area (Å²) in [4.78, 5) is 11.0. The number of rotatable bonds is 3. The molecule has 2 N–H and O–H groups in total. The molecule has 1 aliphatic carbocycles. The molecule has 0 saturated heterocycles. The molecule has 0 aromatic carbocycles. The van der Waals surface area contributed by atoms with Gasteiger partial charge in [-0.3, -0.25) is 0 Å². The number of hydrogen-bond acceptors (Lipinski definition) is 4. The fourth-order valence-electron chi connectivity index (χ4n) is 1.11. The number of carbonyl (C=O) groups excluding carboxylic acids is 1. The van der Waals surface area contributed by atoms with E-state index in [1.165, 1.54) is 0 Å². The molecule has 1 saturated carbocycles. The Hall–Kier alpha value is -0.770. The largest absolute Gasteiger partial charge is 0.508 e. The maximum atomic E-state index is 11.0. The van der Waals surface area contributed by atoms with E-state index in [4.69, 9.17) is 15.2 Å². The third kappa shape index (κ3) is 3.63. The lowest BCUT2D eigenvalue weighted by Gasteiger charge is -2.31. The number of carbonyl (C=O) groups is 1. The lowest BCUT2D eigenvalue weighted by atomic mass is 9.90. The quantitative estimate of drug-likeness (QED) is 0.676. The first-order chi connectivity index (χ1) is 6.08. The van der Waals surface area contributed by atoms with E-state index in [1.807, 2.05) is 13.8 Å². The van der Waals surface area contributed by atoms with Gasteiger partial charge in [0.05, 0.1) is 6.61 Å². The SMILES string of the molecule is CC(C)COC(=O)OC1CC(N)C1. The molecular formula is C9H17NO3. The van der Waals surface area contributed by atoms with Crippen molar-refractivity contribution >= 4 is 6.16 Å². The van der Waals surface area contributed by atoms with Gasteiger partial charge in [-0.05, 0) is 18.8 Å².